The van der Waals surface area contributed by atoms with E-state index in [0.717, 1.165) is 33.9 Å². The second-order valence-electron chi connectivity index (χ2n) is 7.05. The van der Waals surface area contributed by atoms with Crippen molar-refractivity contribution < 1.29 is 0 Å². The van der Waals surface area contributed by atoms with Gasteiger partial charge in [-0.05, 0) is 29.3 Å². The van der Waals surface area contributed by atoms with Crippen molar-refractivity contribution in [3.05, 3.63) is 103 Å². The normalized spacial score (nSPS) is 11.0. The molecule has 0 bridgehead atoms. The van der Waals surface area contributed by atoms with E-state index >= 15 is 0 Å². The molecule has 0 amide bonds. The van der Waals surface area contributed by atoms with Crippen molar-refractivity contribution >= 4 is 10.8 Å². The Bertz CT molecular complexity index is 1190. The van der Waals surface area contributed by atoms with Crippen LogP contribution in [0.2, 0.25) is 0 Å². The molecule has 0 aliphatic heterocycles. The summed E-state index contributed by atoms with van der Waals surface area (Å²) in [5.41, 5.74) is 6.65. The molecule has 2 nitrogen and oxygen atoms in total. The number of nitrogens with one attached hydrogen (secondary N) is 1. The molecule has 5 aromatic rings. The number of nitrogens with zero attached hydrogens (tertiary/aromatic N) is 1. The number of aromatic amines is 1. The number of aryl methyl sites for hydroxylation is 1. The van der Waals surface area contributed by atoms with Crippen molar-refractivity contribution in [3.8, 4) is 33.9 Å². The molecule has 0 atom stereocenters. The molecule has 1 N–H and O–H groups in total. The van der Waals surface area contributed by atoms with E-state index in [4.69, 9.17) is 4.98 Å². The quantitative estimate of drug-likeness (QED) is 0.373. The van der Waals surface area contributed by atoms with Crippen LogP contribution in [0.15, 0.2) is 97.1 Å². The summed E-state index contributed by atoms with van der Waals surface area (Å²) in [5, 5.41) is 2.51. The zero-order chi connectivity index (χ0) is 18.9. The molecule has 0 saturated carbocycles. The van der Waals surface area contributed by atoms with Crippen molar-refractivity contribution in [2.45, 2.75) is 6.92 Å². The number of H-pyrrole nitrogens is 1. The van der Waals surface area contributed by atoms with Gasteiger partial charge in [0.2, 0.25) is 0 Å². The second kappa shape index (κ2) is 6.82. The van der Waals surface area contributed by atoms with Crippen molar-refractivity contribution in [3.63, 3.8) is 0 Å². The Labute approximate surface area is 164 Å². The van der Waals surface area contributed by atoms with E-state index in [1.54, 1.807) is 0 Å². The molecular formula is C26H20N2. The topological polar surface area (TPSA) is 28.7 Å². The van der Waals surface area contributed by atoms with Gasteiger partial charge in [-0.1, -0.05) is 91.0 Å². The minimum Gasteiger partial charge on any atom is -0.337 e. The lowest BCUT2D eigenvalue weighted by Gasteiger charge is -2.04. The number of rotatable bonds is 3. The highest BCUT2D eigenvalue weighted by Crippen LogP contribution is 2.34. The Morgan fingerprint density at radius 2 is 1.36 bits per heavy atom. The van der Waals surface area contributed by atoms with E-state index in [-0.39, 0.29) is 0 Å². The predicted octanol–water partition coefficient (Wildman–Crippen LogP) is 6.87. The molecule has 0 spiro atoms. The molecule has 0 aliphatic carbocycles. The van der Waals surface area contributed by atoms with E-state index in [0.29, 0.717) is 0 Å². The van der Waals surface area contributed by atoms with E-state index < -0.39 is 0 Å². The van der Waals surface area contributed by atoms with Crippen LogP contribution in [0.1, 0.15) is 5.56 Å². The Morgan fingerprint density at radius 3 is 2.11 bits per heavy atom. The number of hydrogen-bond acceptors (Lipinski definition) is 1. The van der Waals surface area contributed by atoms with E-state index in [1.807, 2.05) is 12.1 Å². The van der Waals surface area contributed by atoms with Gasteiger partial charge in [-0.2, -0.15) is 0 Å². The summed E-state index contributed by atoms with van der Waals surface area (Å²) in [6.45, 7) is 2.15. The first-order valence-corrected chi connectivity index (χ1v) is 9.50. The number of imidazole rings is 1. The first-order chi connectivity index (χ1) is 13.8. The number of hydrogen-bond donors (Lipinski definition) is 1. The minimum absolute atomic E-state index is 0.892. The third kappa shape index (κ3) is 2.89. The monoisotopic (exact) mass is 360 g/mol. The second-order valence-corrected chi connectivity index (χ2v) is 7.05. The maximum Gasteiger partial charge on any atom is 0.138 e. The van der Waals surface area contributed by atoms with Crippen LogP contribution >= 0.6 is 0 Å². The van der Waals surface area contributed by atoms with E-state index in [9.17, 15) is 0 Å². The zero-order valence-corrected chi connectivity index (χ0v) is 15.7. The predicted molar refractivity (Wildman–Crippen MR) is 117 cm³/mol. The van der Waals surface area contributed by atoms with Crippen LogP contribution in [0.5, 0.6) is 0 Å². The number of aromatic nitrogens is 2. The van der Waals surface area contributed by atoms with Gasteiger partial charge in [-0.15, -0.1) is 0 Å². The molecule has 0 fully saturated rings. The molecule has 0 saturated heterocycles. The molecule has 0 radical (unpaired) electrons. The number of fused-ring (bicyclic) bond motifs is 1. The van der Waals surface area contributed by atoms with Crippen LogP contribution in [-0.4, -0.2) is 9.97 Å². The molecule has 4 aromatic carbocycles. The lowest BCUT2D eigenvalue weighted by Crippen LogP contribution is -1.84. The van der Waals surface area contributed by atoms with Crippen LogP contribution < -0.4 is 0 Å². The first kappa shape index (κ1) is 16.5. The zero-order valence-electron chi connectivity index (χ0n) is 15.7. The highest BCUT2D eigenvalue weighted by atomic mass is 14.9. The van der Waals surface area contributed by atoms with Crippen molar-refractivity contribution in [2.75, 3.05) is 0 Å². The SMILES string of the molecule is Cc1cccc2ccc(-c3nc(-c4ccccc4)c(-c4ccccc4)[nH]3)cc12. The fourth-order valence-electron chi connectivity index (χ4n) is 3.70. The summed E-state index contributed by atoms with van der Waals surface area (Å²) in [4.78, 5) is 8.59. The average molecular weight is 360 g/mol. The molecule has 5 rings (SSSR count). The Kier molecular flexibility index (Phi) is 4.02. The Balaban J connectivity index is 1.71. The van der Waals surface area contributed by atoms with Crippen LogP contribution in [0, 0.1) is 6.92 Å². The minimum atomic E-state index is 0.892. The number of benzene rings is 4. The van der Waals surface area contributed by atoms with Gasteiger partial charge in [-0.25, -0.2) is 4.98 Å². The van der Waals surface area contributed by atoms with Gasteiger partial charge in [-0.3, -0.25) is 0 Å². The average Bonchev–Trinajstić information content (AvgIpc) is 3.21. The van der Waals surface area contributed by atoms with Gasteiger partial charge in [0.25, 0.3) is 0 Å². The standard InChI is InChI=1S/C26H20N2/c1-18-9-8-14-19-15-16-22(17-23(18)19)26-27-24(20-10-4-2-5-11-20)25(28-26)21-12-6-3-7-13-21/h2-17H,1H3,(H,27,28). The lowest BCUT2D eigenvalue weighted by atomic mass is 10.0. The molecule has 2 heteroatoms. The van der Waals surface area contributed by atoms with Gasteiger partial charge >= 0.3 is 0 Å². The maximum atomic E-state index is 5.01. The van der Waals surface area contributed by atoms with Crippen LogP contribution in [0.3, 0.4) is 0 Å². The maximum absolute atomic E-state index is 5.01. The molecule has 134 valence electrons. The van der Waals surface area contributed by atoms with Gasteiger partial charge in [0.05, 0.1) is 11.4 Å². The smallest absolute Gasteiger partial charge is 0.138 e. The van der Waals surface area contributed by atoms with Crippen molar-refractivity contribution in [2.24, 2.45) is 0 Å². The summed E-state index contributed by atoms with van der Waals surface area (Å²) in [6.07, 6.45) is 0. The van der Waals surface area contributed by atoms with Crippen molar-refractivity contribution in [1.82, 2.24) is 9.97 Å². The van der Waals surface area contributed by atoms with Crippen molar-refractivity contribution in [1.29, 1.82) is 0 Å². The highest BCUT2D eigenvalue weighted by Gasteiger charge is 2.15. The van der Waals surface area contributed by atoms with Crippen LogP contribution in [0.4, 0.5) is 0 Å². The van der Waals surface area contributed by atoms with Gasteiger partial charge in [0.15, 0.2) is 0 Å². The summed E-state index contributed by atoms with van der Waals surface area (Å²) in [7, 11) is 0. The lowest BCUT2D eigenvalue weighted by molar-refractivity contribution is 1.31. The fourth-order valence-corrected chi connectivity index (χ4v) is 3.70. The van der Waals surface area contributed by atoms with E-state index in [2.05, 4.69) is 96.8 Å². The van der Waals surface area contributed by atoms with Crippen LogP contribution in [0.25, 0.3) is 44.7 Å². The third-order valence-electron chi connectivity index (χ3n) is 5.19. The van der Waals surface area contributed by atoms with Gasteiger partial charge < -0.3 is 4.98 Å². The molecule has 1 heterocycles. The summed E-state index contributed by atoms with van der Waals surface area (Å²) < 4.78 is 0. The first-order valence-electron chi connectivity index (χ1n) is 9.50. The van der Waals surface area contributed by atoms with Crippen LogP contribution in [-0.2, 0) is 0 Å². The fraction of sp³-hybridized carbons (Fsp3) is 0.0385. The summed E-state index contributed by atoms with van der Waals surface area (Å²) in [6, 6.07) is 33.7. The Morgan fingerprint density at radius 1 is 0.643 bits per heavy atom. The third-order valence-corrected chi connectivity index (χ3v) is 5.19. The highest BCUT2D eigenvalue weighted by molar-refractivity contribution is 5.90. The molecule has 0 unspecified atom stereocenters. The summed E-state index contributed by atoms with van der Waals surface area (Å²) in [5.74, 6) is 0.892. The molecule has 0 aliphatic rings. The van der Waals surface area contributed by atoms with Gasteiger partial charge in [0.1, 0.15) is 5.82 Å². The molecule has 28 heavy (non-hydrogen) atoms. The van der Waals surface area contributed by atoms with Gasteiger partial charge in [0, 0.05) is 16.7 Å². The molecular weight excluding hydrogens is 340 g/mol. The Hall–Kier alpha value is -3.65. The molecule has 1 aromatic heterocycles. The van der Waals surface area contributed by atoms with E-state index in [1.165, 1.54) is 16.3 Å². The largest absolute Gasteiger partial charge is 0.337 e. The summed E-state index contributed by atoms with van der Waals surface area (Å²) >= 11 is 0.